The van der Waals surface area contributed by atoms with Crippen molar-refractivity contribution in [1.82, 2.24) is 5.32 Å². The Morgan fingerprint density at radius 1 is 0.371 bits per heavy atom. The van der Waals surface area contributed by atoms with Crippen LogP contribution < -0.4 is 5.32 Å². The molecule has 1 amide bonds. The average Bonchev–Trinajstić information content (AvgIpc) is 3.28. The van der Waals surface area contributed by atoms with Crippen molar-refractivity contribution >= 4 is 5.91 Å². The van der Waals surface area contributed by atoms with Gasteiger partial charge in [0, 0.05) is 6.42 Å². The van der Waals surface area contributed by atoms with Crippen LogP contribution in [0.1, 0.15) is 309 Å². The quantitative estimate of drug-likeness (QED) is 0.0421. The summed E-state index contributed by atoms with van der Waals surface area (Å²) in [4.78, 5) is 12.5. The van der Waals surface area contributed by atoms with Crippen LogP contribution >= 0.6 is 0 Å². The summed E-state index contributed by atoms with van der Waals surface area (Å²) in [6, 6.07) is -0.644. The monoisotopic (exact) mass is 870 g/mol. The lowest BCUT2D eigenvalue weighted by molar-refractivity contribution is -0.123. The molecule has 0 aliphatic rings. The summed E-state index contributed by atoms with van der Waals surface area (Å²) >= 11 is 0. The normalized spacial score (nSPS) is 13.0. The molecule has 0 bridgehead atoms. The number of carbonyl (C=O) groups is 1. The topological polar surface area (TPSA) is 69.6 Å². The molecule has 0 spiro atoms. The molecule has 0 fully saturated rings. The second-order valence-electron chi connectivity index (χ2n) is 19.3. The van der Waals surface area contributed by atoms with Gasteiger partial charge in [0.15, 0.2) is 0 Å². The fraction of sp³-hybridized carbons (Fsp3) is 0.879. The van der Waals surface area contributed by atoms with Crippen molar-refractivity contribution in [2.24, 2.45) is 0 Å². The lowest BCUT2D eigenvalue weighted by Crippen LogP contribution is -2.45. The van der Waals surface area contributed by atoms with Crippen LogP contribution in [-0.4, -0.2) is 34.9 Å². The molecule has 0 aromatic heterocycles. The van der Waals surface area contributed by atoms with Gasteiger partial charge in [0.2, 0.25) is 5.91 Å². The maximum absolute atomic E-state index is 12.5. The Kier molecular flexibility index (Phi) is 52.7. The van der Waals surface area contributed by atoms with Crippen LogP contribution in [0.3, 0.4) is 0 Å². The van der Waals surface area contributed by atoms with Gasteiger partial charge >= 0.3 is 0 Å². The van der Waals surface area contributed by atoms with E-state index in [-0.39, 0.29) is 12.5 Å². The van der Waals surface area contributed by atoms with Crippen LogP contribution in [0, 0.1) is 0 Å². The molecule has 0 rings (SSSR count). The molecule has 0 heterocycles. The van der Waals surface area contributed by atoms with Crippen molar-refractivity contribution < 1.29 is 15.0 Å². The fourth-order valence-corrected chi connectivity index (χ4v) is 8.80. The molecule has 62 heavy (non-hydrogen) atoms. The Bertz CT molecular complexity index is 943. The average molecular weight is 871 g/mol. The van der Waals surface area contributed by atoms with Gasteiger partial charge in [-0.25, -0.2) is 0 Å². The number of hydrogen-bond acceptors (Lipinski definition) is 3. The molecular formula is C58H111NO3. The van der Waals surface area contributed by atoms with E-state index in [4.69, 9.17) is 0 Å². The zero-order valence-corrected chi connectivity index (χ0v) is 42.2. The lowest BCUT2D eigenvalue weighted by Gasteiger charge is -2.19. The van der Waals surface area contributed by atoms with E-state index in [0.29, 0.717) is 6.42 Å². The zero-order chi connectivity index (χ0) is 44.9. The van der Waals surface area contributed by atoms with Crippen LogP contribution in [0.4, 0.5) is 0 Å². The van der Waals surface area contributed by atoms with Gasteiger partial charge in [0.05, 0.1) is 18.8 Å². The third-order valence-corrected chi connectivity index (χ3v) is 13.1. The van der Waals surface area contributed by atoms with Crippen molar-refractivity contribution in [3.8, 4) is 0 Å². The second-order valence-corrected chi connectivity index (χ2v) is 19.3. The highest BCUT2D eigenvalue weighted by molar-refractivity contribution is 5.76. The van der Waals surface area contributed by atoms with Crippen LogP contribution in [0.2, 0.25) is 0 Å². The third-order valence-electron chi connectivity index (χ3n) is 13.1. The van der Waals surface area contributed by atoms with E-state index in [1.54, 1.807) is 6.08 Å². The van der Waals surface area contributed by atoms with E-state index in [1.807, 2.05) is 6.08 Å². The predicted molar refractivity (Wildman–Crippen MR) is 276 cm³/mol. The summed E-state index contributed by atoms with van der Waals surface area (Å²) in [5.74, 6) is -0.0719. The summed E-state index contributed by atoms with van der Waals surface area (Å²) in [7, 11) is 0. The minimum Gasteiger partial charge on any atom is -0.394 e. The number of rotatable bonds is 52. The minimum absolute atomic E-state index is 0.0719. The SMILES string of the molecule is CCCCCCCCCCCCC/C=C/CC/C=C/CC/C=C/C(O)C(CO)NC(=O)CCCCCCCCCCCCCCCCCCCCCCCCCCCCCCC. The largest absolute Gasteiger partial charge is 0.394 e. The first-order chi connectivity index (χ1) is 30.7. The van der Waals surface area contributed by atoms with Gasteiger partial charge in [-0.15, -0.1) is 0 Å². The van der Waals surface area contributed by atoms with Gasteiger partial charge in [-0.3, -0.25) is 4.79 Å². The van der Waals surface area contributed by atoms with E-state index in [0.717, 1.165) is 38.5 Å². The molecule has 2 atom stereocenters. The number of allylic oxidation sites excluding steroid dienone is 5. The van der Waals surface area contributed by atoms with Crippen molar-refractivity contribution in [2.75, 3.05) is 6.61 Å². The Balaban J connectivity index is 3.50. The summed E-state index contributed by atoms with van der Waals surface area (Å²) in [5.41, 5.74) is 0. The van der Waals surface area contributed by atoms with Crippen LogP contribution in [0.25, 0.3) is 0 Å². The van der Waals surface area contributed by atoms with E-state index in [1.165, 1.54) is 250 Å². The molecular weight excluding hydrogens is 759 g/mol. The van der Waals surface area contributed by atoms with Gasteiger partial charge in [-0.2, -0.15) is 0 Å². The Labute approximate surface area is 389 Å². The number of aliphatic hydroxyl groups is 2. The predicted octanol–water partition coefficient (Wildman–Crippen LogP) is 18.5. The molecule has 0 saturated carbocycles. The highest BCUT2D eigenvalue weighted by atomic mass is 16.3. The summed E-state index contributed by atoms with van der Waals surface area (Å²) in [6.45, 7) is 4.33. The number of nitrogens with one attached hydrogen (secondary N) is 1. The number of unbranched alkanes of at least 4 members (excludes halogenated alkanes) is 41. The van der Waals surface area contributed by atoms with E-state index in [9.17, 15) is 15.0 Å². The van der Waals surface area contributed by atoms with Crippen molar-refractivity contribution in [2.45, 2.75) is 321 Å². The van der Waals surface area contributed by atoms with Gasteiger partial charge in [0.25, 0.3) is 0 Å². The minimum atomic E-state index is -0.869. The molecule has 0 saturated heterocycles. The van der Waals surface area contributed by atoms with Crippen molar-refractivity contribution in [3.63, 3.8) is 0 Å². The number of carbonyl (C=O) groups excluding carboxylic acids is 1. The Hall–Kier alpha value is -1.39. The highest BCUT2D eigenvalue weighted by Crippen LogP contribution is 2.17. The molecule has 0 aliphatic heterocycles. The van der Waals surface area contributed by atoms with Crippen molar-refractivity contribution in [1.29, 1.82) is 0 Å². The molecule has 0 radical (unpaired) electrons. The second kappa shape index (κ2) is 53.9. The molecule has 3 N–H and O–H groups in total. The number of aliphatic hydroxyl groups excluding tert-OH is 2. The Morgan fingerprint density at radius 3 is 0.935 bits per heavy atom. The van der Waals surface area contributed by atoms with E-state index >= 15 is 0 Å². The first-order valence-electron chi connectivity index (χ1n) is 28.2. The van der Waals surface area contributed by atoms with Gasteiger partial charge in [-0.1, -0.05) is 294 Å². The molecule has 0 aromatic rings. The van der Waals surface area contributed by atoms with Crippen molar-refractivity contribution in [3.05, 3.63) is 36.5 Å². The molecule has 4 heteroatoms. The maximum Gasteiger partial charge on any atom is 0.220 e. The first kappa shape index (κ1) is 60.6. The maximum atomic E-state index is 12.5. The molecule has 0 aromatic carbocycles. The summed E-state index contributed by atoms with van der Waals surface area (Å²) in [6.07, 6.45) is 73.1. The lowest BCUT2D eigenvalue weighted by atomic mass is 10.0. The van der Waals surface area contributed by atoms with E-state index < -0.39 is 12.1 Å². The van der Waals surface area contributed by atoms with Crippen LogP contribution in [0.15, 0.2) is 36.5 Å². The first-order valence-corrected chi connectivity index (χ1v) is 28.2. The van der Waals surface area contributed by atoms with E-state index in [2.05, 4.69) is 43.5 Å². The molecule has 4 nitrogen and oxygen atoms in total. The summed E-state index contributed by atoms with van der Waals surface area (Å²) in [5, 5.41) is 23.1. The third kappa shape index (κ3) is 49.6. The molecule has 366 valence electrons. The standard InChI is InChI=1S/C58H111NO3/c1-3-5-7-9-11-13-15-17-19-21-23-25-26-27-28-29-30-31-32-34-36-38-40-42-44-46-48-50-52-54-58(62)59-56(55-60)57(61)53-51-49-47-45-43-41-39-37-35-33-24-22-20-18-16-14-12-10-8-6-4-2/h35,37,43,45,51,53,56-57,60-61H,3-34,36,38-42,44,46-50,52,54-55H2,1-2H3,(H,59,62)/b37-35+,45-43+,53-51+. The zero-order valence-electron chi connectivity index (χ0n) is 42.2. The van der Waals surface area contributed by atoms with Gasteiger partial charge < -0.3 is 15.5 Å². The van der Waals surface area contributed by atoms with Crippen LogP contribution in [-0.2, 0) is 4.79 Å². The Morgan fingerprint density at radius 2 is 0.629 bits per heavy atom. The van der Waals surface area contributed by atoms with Crippen LogP contribution in [0.5, 0.6) is 0 Å². The number of hydrogen-bond donors (Lipinski definition) is 3. The summed E-state index contributed by atoms with van der Waals surface area (Å²) < 4.78 is 0. The van der Waals surface area contributed by atoms with Gasteiger partial charge in [0.1, 0.15) is 0 Å². The molecule has 0 aliphatic carbocycles. The molecule has 2 unspecified atom stereocenters. The highest BCUT2D eigenvalue weighted by Gasteiger charge is 2.18. The van der Waals surface area contributed by atoms with Gasteiger partial charge in [-0.05, 0) is 44.9 Å². The fourth-order valence-electron chi connectivity index (χ4n) is 8.80. The number of amides is 1. The smallest absolute Gasteiger partial charge is 0.220 e.